The summed E-state index contributed by atoms with van der Waals surface area (Å²) in [4.78, 5) is 13.6. The van der Waals surface area contributed by atoms with Gasteiger partial charge in [-0.2, -0.15) is 0 Å². The van der Waals surface area contributed by atoms with E-state index in [9.17, 15) is 4.79 Å². The second kappa shape index (κ2) is 9.25. The lowest BCUT2D eigenvalue weighted by molar-refractivity contribution is 0.100. The minimum atomic E-state index is -0.354. The van der Waals surface area contributed by atoms with Crippen molar-refractivity contribution >= 4 is 5.91 Å². The van der Waals surface area contributed by atoms with Gasteiger partial charge in [-0.25, -0.2) is 0 Å². The molecular formula is C23H36N2O. The number of benzene rings is 1. The smallest absolute Gasteiger partial charge is 0.248 e. The Morgan fingerprint density at radius 1 is 1.15 bits per heavy atom. The highest BCUT2D eigenvalue weighted by Gasteiger charge is 2.22. The van der Waals surface area contributed by atoms with Gasteiger partial charge in [-0.15, -0.1) is 0 Å². The Bertz CT molecular complexity index is 590. The number of hydrogen-bond donors (Lipinski definition) is 1. The molecule has 0 aromatic heterocycles. The molecule has 1 aromatic carbocycles. The lowest BCUT2D eigenvalue weighted by Gasteiger charge is -2.36. The van der Waals surface area contributed by atoms with Gasteiger partial charge in [0.25, 0.3) is 0 Å². The summed E-state index contributed by atoms with van der Waals surface area (Å²) in [6.45, 7) is 13.5. The Hall–Kier alpha value is -1.77. The molecule has 1 fully saturated rings. The summed E-state index contributed by atoms with van der Waals surface area (Å²) in [6.07, 6.45) is 8.61. The number of nitrogens with two attached hydrogens (primary N) is 1. The third-order valence-electron chi connectivity index (χ3n) is 5.36. The number of likely N-dealkylation sites (tertiary alicyclic amines) is 1. The maximum Gasteiger partial charge on any atom is 0.248 e. The maximum atomic E-state index is 11.1. The minimum Gasteiger partial charge on any atom is -0.375 e. The van der Waals surface area contributed by atoms with Crippen LogP contribution in [0.3, 0.4) is 0 Å². The molecule has 2 rings (SSSR count). The van der Waals surface area contributed by atoms with E-state index in [1.54, 1.807) is 0 Å². The first-order valence-corrected chi connectivity index (χ1v) is 10.1. The van der Waals surface area contributed by atoms with Crippen LogP contribution < -0.4 is 5.73 Å². The van der Waals surface area contributed by atoms with Crippen molar-refractivity contribution in [3.05, 3.63) is 47.7 Å². The van der Waals surface area contributed by atoms with Gasteiger partial charge in [0, 0.05) is 24.4 Å². The summed E-state index contributed by atoms with van der Waals surface area (Å²) < 4.78 is 0. The van der Waals surface area contributed by atoms with Crippen molar-refractivity contribution in [2.75, 3.05) is 13.1 Å². The lowest BCUT2D eigenvalue weighted by atomic mass is 9.88. The number of rotatable bonds is 8. The fourth-order valence-electron chi connectivity index (χ4n) is 3.86. The normalized spacial score (nSPS) is 15.9. The first kappa shape index (κ1) is 20.5. The SMILES string of the molecule is C=C(CC(C)(C)C)N1CCC(CCCCc2ccc(C(N)=O)cc2)CC1. The van der Waals surface area contributed by atoms with E-state index in [1.807, 2.05) is 24.3 Å². The fourth-order valence-corrected chi connectivity index (χ4v) is 3.86. The first-order chi connectivity index (χ1) is 12.2. The molecule has 0 saturated carbocycles. The predicted octanol–water partition coefficient (Wildman–Crippen LogP) is 5.16. The Labute approximate surface area is 159 Å². The number of hydrogen-bond acceptors (Lipinski definition) is 2. The Balaban J connectivity index is 1.63. The molecule has 0 aliphatic carbocycles. The van der Waals surface area contributed by atoms with Gasteiger partial charge < -0.3 is 10.6 Å². The summed E-state index contributed by atoms with van der Waals surface area (Å²) >= 11 is 0. The molecule has 1 aliphatic rings. The maximum absolute atomic E-state index is 11.1. The number of amides is 1. The Morgan fingerprint density at radius 2 is 1.77 bits per heavy atom. The van der Waals surface area contributed by atoms with E-state index in [0.717, 1.165) is 18.8 Å². The fraction of sp³-hybridized carbons (Fsp3) is 0.609. The minimum absolute atomic E-state index is 0.323. The van der Waals surface area contributed by atoms with Crippen molar-refractivity contribution in [3.8, 4) is 0 Å². The quantitative estimate of drug-likeness (QED) is 0.654. The summed E-state index contributed by atoms with van der Waals surface area (Å²) in [5, 5.41) is 0. The van der Waals surface area contributed by atoms with Crippen LogP contribution in [0.25, 0.3) is 0 Å². The molecule has 1 saturated heterocycles. The van der Waals surface area contributed by atoms with E-state index in [0.29, 0.717) is 11.0 Å². The highest BCUT2D eigenvalue weighted by molar-refractivity contribution is 5.92. The van der Waals surface area contributed by atoms with Gasteiger partial charge in [-0.1, -0.05) is 52.3 Å². The molecule has 3 heteroatoms. The van der Waals surface area contributed by atoms with E-state index >= 15 is 0 Å². The molecule has 0 atom stereocenters. The van der Waals surface area contributed by atoms with Crippen LogP contribution in [0.2, 0.25) is 0 Å². The number of carbonyl (C=O) groups excluding carboxylic acids is 1. The third-order valence-corrected chi connectivity index (χ3v) is 5.36. The van der Waals surface area contributed by atoms with Crippen LogP contribution >= 0.6 is 0 Å². The van der Waals surface area contributed by atoms with Crippen molar-refractivity contribution in [1.29, 1.82) is 0 Å². The average molecular weight is 357 g/mol. The van der Waals surface area contributed by atoms with Crippen LogP contribution in [-0.4, -0.2) is 23.9 Å². The van der Waals surface area contributed by atoms with Gasteiger partial charge in [-0.3, -0.25) is 4.79 Å². The lowest BCUT2D eigenvalue weighted by Crippen LogP contribution is -2.34. The number of allylic oxidation sites excluding steroid dienone is 1. The van der Waals surface area contributed by atoms with Gasteiger partial charge in [0.1, 0.15) is 0 Å². The highest BCUT2D eigenvalue weighted by Crippen LogP contribution is 2.29. The van der Waals surface area contributed by atoms with Crippen molar-refractivity contribution in [2.45, 2.75) is 65.7 Å². The monoisotopic (exact) mass is 356 g/mol. The van der Waals surface area contributed by atoms with Crippen LogP contribution in [0.15, 0.2) is 36.5 Å². The molecular weight excluding hydrogens is 320 g/mol. The molecule has 0 spiro atoms. The van der Waals surface area contributed by atoms with Crippen LogP contribution in [0.5, 0.6) is 0 Å². The largest absolute Gasteiger partial charge is 0.375 e. The van der Waals surface area contributed by atoms with Crippen LogP contribution in [-0.2, 0) is 6.42 Å². The van der Waals surface area contributed by atoms with Gasteiger partial charge in [-0.05, 0) is 61.1 Å². The van der Waals surface area contributed by atoms with Crippen molar-refractivity contribution < 1.29 is 4.79 Å². The number of unbranched alkanes of at least 4 members (excludes halogenated alkanes) is 1. The van der Waals surface area contributed by atoms with Crippen LogP contribution in [0.4, 0.5) is 0 Å². The van der Waals surface area contributed by atoms with E-state index < -0.39 is 0 Å². The summed E-state index contributed by atoms with van der Waals surface area (Å²) in [7, 11) is 0. The first-order valence-electron chi connectivity index (χ1n) is 10.1. The van der Waals surface area contributed by atoms with Crippen LogP contribution in [0.1, 0.15) is 75.2 Å². The van der Waals surface area contributed by atoms with Crippen molar-refractivity contribution in [3.63, 3.8) is 0 Å². The Kier molecular flexibility index (Phi) is 7.31. The molecule has 2 N–H and O–H groups in total. The molecule has 0 radical (unpaired) electrons. The van der Waals surface area contributed by atoms with Gasteiger partial charge in [0.05, 0.1) is 0 Å². The van der Waals surface area contributed by atoms with Gasteiger partial charge in [0.15, 0.2) is 0 Å². The topological polar surface area (TPSA) is 46.3 Å². The third kappa shape index (κ3) is 6.86. The molecule has 1 aromatic rings. The summed E-state index contributed by atoms with van der Waals surface area (Å²) in [5.41, 5.74) is 8.80. The molecule has 0 bridgehead atoms. The summed E-state index contributed by atoms with van der Waals surface area (Å²) in [6, 6.07) is 7.72. The van der Waals surface area contributed by atoms with Gasteiger partial charge >= 0.3 is 0 Å². The molecule has 1 aliphatic heterocycles. The number of primary amides is 1. The predicted molar refractivity (Wildman–Crippen MR) is 110 cm³/mol. The molecule has 0 unspecified atom stereocenters. The van der Waals surface area contributed by atoms with Gasteiger partial charge in [0.2, 0.25) is 5.91 Å². The standard InChI is InChI=1S/C23H36N2O/c1-18(17-23(2,3)4)25-15-13-20(14-16-25)8-6-5-7-19-9-11-21(12-10-19)22(24)26/h9-12,20H,1,5-8,13-17H2,2-4H3,(H2,24,26). The van der Waals surface area contributed by atoms with E-state index in [4.69, 9.17) is 5.73 Å². The average Bonchev–Trinajstić information content (AvgIpc) is 2.58. The number of aryl methyl sites for hydroxylation is 1. The van der Waals surface area contributed by atoms with Crippen LogP contribution in [0, 0.1) is 11.3 Å². The molecule has 144 valence electrons. The van der Waals surface area contributed by atoms with E-state index in [2.05, 4.69) is 32.3 Å². The zero-order valence-corrected chi connectivity index (χ0v) is 16.9. The van der Waals surface area contributed by atoms with E-state index in [-0.39, 0.29) is 5.91 Å². The molecule has 1 heterocycles. The zero-order valence-electron chi connectivity index (χ0n) is 16.9. The second-order valence-corrected chi connectivity index (χ2v) is 9.04. The number of carbonyl (C=O) groups is 1. The highest BCUT2D eigenvalue weighted by atomic mass is 16.1. The molecule has 26 heavy (non-hydrogen) atoms. The van der Waals surface area contributed by atoms with E-state index in [1.165, 1.54) is 56.5 Å². The second-order valence-electron chi connectivity index (χ2n) is 9.04. The Morgan fingerprint density at radius 3 is 2.31 bits per heavy atom. The summed E-state index contributed by atoms with van der Waals surface area (Å²) in [5.74, 6) is 0.513. The number of nitrogens with zero attached hydrogens (tertiary/aromatic N) is 1. The molecule has 3 nitrogen and oxygen atoms in total. The number of piperidine rings is 1. The zero-order chi connectivity index (χ0) is 19.2. The molecule has 1 amide bonds. The van der Waals surface area contributed by atoms with Crippen molar-refractivity contribution in [2.24, 2.45) is 17.1 Å². The van der Waals surface area contributed by atoms with Crippen molar-refractivity contribution in [1.82, 2.24) is 4.90 Å².